The highest BCUT2D eigenvalue weighted by molar-refractivity contribution is 14.1. The standard InChI is InChI=1S/C16H17F2IO4/c17-16(18,15(21)22)13(10-4-2-1-3-5-10)23-14(20)11-6-8-12(19)9-7-11/h6-10,13H,1-5H2,(H,21,22)/p-1. The van der Waals surface area contributed by atoms with Gasteiger partial charge in [-0.1, -0.05) is 19.3 Å². The van der Waals surface area contributed by atoms with Gasteiger partial charge in [0.2, 0.25) is 0 Å². The zero-order valence-electron chi connectivity index (χ0n) is 12.3. The lowest BCUT2D eigenvalue weighted by Gasteiger charge is -2.35. The molecule has 1 aliphatic carbocycles. The fourth-order valence-electron chi connectivity index (χ4n) is 2.79. The van der Waals surface area contributed by atoms with Crippen molar-refractivity contribution >= 4 is 34.5 Å². The van der Waals surface area contributed by atoms with E-state index < -0.39 is 29.9 Å². The van der Waals surface area contributed by atoms with Gasteiger partial charge in [0.15, 0.2) is 6.10 Å². The Morgan fingerprint density at radius 3 is 2.26 bits per heavy atom. The number of hydrogen-bond donors (Lipinski definition) is 0. The molecular formula is C16H16F2IO4-. The van der Waals surface area contributed by atoms with E-state index in [1.54, 1.807) is 12.1 Å². The molecule has 0 N–H and O–H groups in total. The summed E-state index contributed by atoms with van der Waals surface area (Å²) < 4.78 is 33.8. The first kappa shape index (κ1) is 18.1. The summed E-state index contributed by atoms with van der Waals surface area (Å²) in [5.74, 6) is -8.34. The second-order valence-corrected chi connectivity index (χ2v) is 6.89. The van der Waals surface area contributed by atoms with Gasteiger partial charge in [-0.05, 0) is 59.7 Å². The molecule has 1 aromatic rings. The molecule has 4 nitrogen and oxygen atoms in total. The maximum atomic E-state index is 14.0. The molecule has 1 aliphatic rings. The van der Waals surface area contributed by atoms with Crippen LogP contribution in [0.5, 0.6) is 0 Å². The lowest BCUT2D eigenvalue weighted by Crippen LogP contribution is -2.54. The SMILES string of the molecule is O=C(OC(C1CCCCC1)C(F)(F)C(=O)[O-])c1ccc(I)cc1. The van der Waals surface area contributed by atoms with E-state index in [0.29, 0.717) is 25.7 Å². The lowest BCUT2D eigenvalue weighted by atomic mass is 9.83. The van der Waals surface area contributed by atoms with Gasteiger partial charge in [-0.2, -0.15) is 8.78 Å². The molecule has 1 atom stereocenters. The van der Waals surface area contributed by atoms with Crippen LogP contribution in [0.1, 0.15) is 42.5 Å². The number of ether oxygens (including phenoxy) is 1. The van der Waals surface area contributed by atoms with Crippen molar-refractivity contribution < 1.29 is 28.2 Å². The van der Waals surface area contributed by atoms with Gasteiger partial charge in [0.25, 0.3) is 0 Å². The van der Waals surface area contributed by atoms with E-state index in [2.05, 4.69) is 0 Å². The third-order valence-corrected chi connectivity index (χ3v) is 4.74. The van der Waals surface area contributed by atoms with Gasteiger partial charge >= 0.3 is 11.9 Å². The van der Waals surface area contributed by atoms with Gasteiger partial charge in [0.1, 0.15) is 5.97 Å². The molecule has 1 unspecified atom stereocenters. The number of esters is 1. The number of carbonyl (C=O) groups excluding carboxylic acids is 2. The van der Waals surface area contributed by atoms with Crippen LogP contribution in [0.4, 0.5) is 8.78 Å². The van der Waals surface area contributed by atoms with E-state index in [1.165, 1.54) is 12.1 Å². The van der Waals surface area contributed by atoms with Crippen LogP contribution in [0.25, 0.3) is 0 Å². The van der Waals surface area contributed by atoms with E-state index in [-0.39, 0.29) is 5.56 Å². The third-order valence-electron chi connectivity index (χ3n) is 4.02. The van der Waals surface area contributed by atoms with Gasteiger partial charge in [-0.25, -0.2) is 4.79 Å². The molecule has 1 saturated carbocycles. The van der Waals surface area contributed by atoms with E-state index in [4.69, 9.17) is 4.74 Å². The van der Waals surface area contributed by atoms with Crippen LogP contribution in [0.15, 0.2) is 24.3 Å². The predicted octanol–water partition coefficient (Wildman–Crippen LogP) is 2.78. The summed E-state index contributed by atoms with van der Waals surface area (Å²) in [4.78, 5) is 22.9. The molecule has 0 heterocycles. The summed E-state index contributed by atoms with van der Waals surface area (Å²) in [6.07, 6.45) is 1.16. The molecule has 0 saturated heterocycles. The number of benzene rings is 1. The number of rotatable bonds is 5. The average molecular weight is 437 g/mol. The minimum absolute atomic E-state index is 0.111. The molecule has 0 amide bonds. The van der Waals surface area contributed by atoms with Crippen molar-refractivity contribution in [2.45, 2.75) is 44.1 Å². The van der Waals surface area contributed by atoms with Crippen molar-refractivity contribution in [3.8, 4) is 0 Å². The smallest absolute Gasteiger partial charge is 0.338 e. The van der Waals surface area contributed by atoms with Crippen LogP contribution in [0.2, 0.25) is 0 Å². The van der Waals surface area contributed by atoms with E-state index in [9.17, 15) is 23.5 Å². The van der Waals surface area contributed by atoms with Crippen LogP contribution in [0.3, 0.4) is 0 Å². The van der Waals surface area contributed by atoms with Gasteiger partial charge in [0, 0.05) is 9.49 Å². The maximum Gasteiger partial charge on any atom is 0.338 e. The van der Waals surface area contributed by atoms with Gasteiger partial charge in [-0.15, -0.1) is 0 Å². The first-order valence-corrected chi connectivity index (χ1v) is 8.46. The summed E-state index contributed by atoms with van der Waals surface area (Å²) in [6, 6.07) is 6.20. The summed E-state index contributed by atoms with van der Waals surface area (Å²) in [5, 5.41) is 10.8. The Balaban J connectivity index is 2.21. The minimum atomic E-state index is -4.21. The van der Waals surface area contributed by atoms with Crippen molar-refractivity contribution in [2.75, 3.05) is 0 Å². The summed E-state index contributed by atoms with van der Waals surface area (Å²) in [6.45, 7) is 0. The average Bonchev–Trinajstić information content (AvgIpc) is 2.53. The first-order chi connectivity index (χ1) is 10.8. The maximum absolute atomic E-state index is 14.0. The number of alkyl halides is 2. The molecule has 0 bridgehead atoms. The van der Waals surface area contributed by atoms with Crippen molar-refractivity contribution in [3.05, 3.63) is 33.4 Å². The predicted molar refractivity (Wildman–Crippen MR) is 84.9 cm³/mol. The second-order valence-electron chi connectivity index (χ2n) is 5.64. The fourth-order valence-corrected chi connectivity index (χ4v) is 3.15. The Morgan fingerprint density at radius 2 is 1.74 bits per heavy atom. The third kappa shape index (κ3) is 4.39. The van der Waals surface area contributed by atoms with Gasteiger partial charge in [0.05, 0.1) is 5.56 Å². The summed E-state index contributed by atoms with van der Waals surface area (Å²) >= 11 is 2.04. The molecule has 126 valence electrons. The van der Waals surface area contributed by atoms with Crippen LogP contribution < -0.4 is 5.11 Å². The Morgan fingerprint density at radius 1 is 1.17 bits per heavy atom. The molecule has 0 spiro atoms. The zero-order valence-corrected chi connectivity index (χ0v) is 14.4. The highest BCUT2D eigenvalue weighted by Gasteiger charge is 2.48. The number of aliphatic carboxylic acids is 1. The summed E-state index contributed by atoms with van der Waals surface area (Å²) in [7, 11) is 0. The molecule has 0 aliphatic heterocycles. The Kier molecular flexibility index (Phi) is 5.94. The van der Waals surface area contributed by atoms with Gasteiger partial charge in [-0.3, -0.25) is 0 Å². The lowest BCUT2D eigenvalue weighted by molar-refractivity contribution is -0.337. The number of carboxylic acid groups (broad SMARTS) is 1. The van der Waals surface area contributed by atoms with E-state index >= 15 is 0 Å². The highest BCUT2D eigenvalue weighted by Crippen LogP contribution is 2.36. The van der Waals surface area contributed by atoms with Gasteiger partial charge < -0.3 is 14.6 Å². The van der Waals surface area contributed by atoms with Crippen LogP contribution in [0, 0.1) is 9.49 Å². The van der Waals surface area contributed by atoms with Crippen molar-refractivity contribution in [3.63, 3.8) is 0 Å². The molecule has 2 rings (SSSR count). The largest absolute Gasteiger partial charge is 0.544 e. The molecule has 0 radical (unpaired) electrons. The minimum Gasteiger partial charge on any atom is -0.544 e. The van der Waals surface area contributed by atoms with E-state index in [1.807, 2.05) is 22.6 Å². The van der Waals surface area contributed by atoms with Crippen molar-refractivity contribution in [2.24, 2.45) is 5.92 Å². The molecular weight excluding hydrogens is 421 g/mol. The zero-order chi connectivity index (χ0) is 17.0. The number of carbonyl (C=O) groups is 2. The highest BCUT2D eigenvalue weighted by atomic mass is 127. The number of carboxylic acids is 1. The second kappa shape index (κ2) is 7.55. The Hall–Kier alpha value is -1.25. The van der Waals surface area contributed by atoms with E-state index in [0.717, 1.165) is 9.99 Å². The fraction of sp³-hybridized carbons (Fsp3) is 0.500. The number of halogens is 3. The normalized spacial score (nSPS) is 17.5. The molecule has 0 aromatic heterocycles. The van der Waals surface area contributed by atoms with Crippen LogP contribution in [-0.4, -0.2) is 24.0 Å². The Labute approximate surface area is 146 Å². The molecule has 7 heteroatoms. The number of hydrogen-bond acceptors (Lipinski definition) is 4. The van der Waals surface area contributed by atoms with Crippen molar-refractivity contribution in [1.82, 2.24) is 0 Å². The first-order valence-electron chi connectivity index (χ1n) is 7.38. The topological polar surface area (TPSA) is 66.4 Å². The molecule has 23 heavy (non-hydrogen) atoms. The molecule has 1 fully saturated rings. The Bertz CT molecular complexity index is 568. The quantitative estimate of drug-likeness (QED) is 0.525. The van der Waals surface area contributed by atoms with Crippen molar-refractivity contribution in [1.29, 1.82) is 0 Å². The summed E-state index contributed by atoms with van der Waals surface area (Å²) in [5.41, 5.74) is 0.111. The van der Waals surface area contributed by atoms with Crippen LogP contribution in [-0.2, 0) is 9.53 Å². The van der Waals surface area contributed by atoms with Crippen LogP contribution >= 0.6 is 22.6 Å². The monoisotopic (exact) mass is 437 g/mol. The molecule has 1 aromatic carbocycles.